The Morgan fingerprint density at radius 1 is 1.62 bits per heavy atom. The average molecular weight is 112 g/mol. The quantitative estimate of drug-likeness (QED) is 0.469. The zero-order chi connectivity index (χ0) is 5.98. The normalized spacial score (nSPS) is 37.8. The predicted octanol–water partition coefficient (Wildman–Crippen LogP) is 1.33. The smallest absolute Gasteiger partial charge is 0.0603 e. The van der Waals surface area contributed by atoms with Crippen molar-refractivity contribution < 1.29 is 5.11 Å². The standard InChI is InChI=1S/C7H12O/c1-6-4-2-3-5-7(6)8/h2,4,6-8H,3,5H2,1H3/t6-,7+/m0/s1. The van der Waals surface area contributed by atoms with Crippen LogP contribution < -0.4 is 0 Å². The van der Waals surface area contributed by atoms with Crippen molar-refractivity contribution in [3.8, 4) is 0 Å². The van der Waals surface area contributed by atoms with E-state index in [4.69, 9.17) is 5.11 Å². The fraction of sp³-hybridized carbons (Fsp3) is 0.714. The molecule has 1 rings (SSSR count). The van der Waals surface area contributed by atoms with Crippen molar-refractivity contribution in [2.75, 3.05) is 0 Å². The van der Waals surface area contributed by atoms with Crippen molar-refractivity contribution >= 4 is 0 Å². The summed E-state index contributed by atoms with van der Waals surface area (Å²) in [6, 6.07) is 0. The van der Waals surface area contributed by atoms with E-state index in [-0.39, 0.29) is 6.10 Å². The summed E-state index contributed by atoms with van der Waals surface area (Å²) in [5, 5.41) is 9.13. The lowest BCUT2D eigenvalue weighted by molar-refractivity contribution is 0.124. The van der Waals surface area contributed by atoms with Crippen molar-refractivity contribution in [3.63, 3.8) is 0 Å². The molecule has 0 amide bonds. The van der Waals surface area contributed by atoms with E-state index in [2.05, 4.69) is 12.2 Å². The Bertz CT molecular complexity index is 96.6. The Morgan fingerprint density at radius 3 is 2.75 bits per heavy atom. The van der Waals surface area contributed by atoms with Gasteiger partial charge in [-0.1, -0.05) is 19.1 Å². The Hall–Kier alpha value is -0.300. The first-order valence-electron chi connectivity index (χ1n) is 3.15. The van der Waals surface area contributed by atoms with Gasteiger partial charge in [0.2, 0.25) is 0 Å². The summed E-state index contributed by atoms with van der Waals surface area (Å²) in [6.45, 7) is 2.04. The van der Waals surface area contributed by atoms with Gasteiger partial charge < -0.3 is 5.11 Å². The number of aliphatic hydroxyl groups excluding tert-OH is 1. The molecule has 0 saturated heterocycles. The molecule has 0 aromatic carbocycles. The molecule has 0 aliphatic heterocycles. The van der Waals surface area contributed by atoms with E-state index in [0.717, 1.165) is 12.8 Å². The van der Waals surface area contributed by atoms with Gasteiger partial charge in [-0.05, 0) is 18.8 Å². The van der Waals surface area contributed by atoms with E-state index < -0.39 is 0 Å². The first kappa shape index (κ1) is 5.83. The molecule has 8 heavy (non-hydrogen) atoms. The monoisotopic (exact) mass is 112 g/mol. The highest BCUT2D eigenvalue weighted by Gasteiger charge is 2.12. The molecule has 1 aliphatic rings. The van der Waals surface area contributed by atoms with E-state index in [1.807, 2.05) is 6.92 Å². The van der Waals surface area contributed by atoms with E-state index in [0.29, 0.717) is 5.92 Å². The Kier molecular flexibility index (Phi) is 1.69. The number of allylic oxidation sites excluding steroid dienone is 1. The predicted molar refractivity (Wildman–Crippen MR) is 33.5 cm³/mol. The first-order valence-corrected chi connectivity index (χ1v) is 3.15. The van der Waals surface area contributed by atoms with Crippen molar-refractivity contribution in [1.82, 2.24) is 0 Å². The Labute approximate surface area is 50.0 Å². The van der Waals surface area contributed by atoms with Gasteiger partial charge in [0.15, 0.2) is 0 Å². The molecule has 46 valence electrons. The molecule has 0 heterocycles. The lowest BCUT2D eigenvalue weighted by Gasteiger charge is -2.17. The summed E-state index contributed by atoms with van der Waals surface area (Å²) in [5.74, 6) is 0.378. The number of hydrogen-bond donors (Lipinski definition) is 1. The zero-order valence-corrected chi connectivity index (χ0v) is 5.17. The third-order valence-corrected chi connectivity index (χ3v) is 1.68. The van der Waals surface area contributed by atoms with Crippen LogP contribution in [0.5, 0.6) is 0 Å². The molecule has 0 saturated carbocycles. The van der Waals surface area contributed by atoms with Crippen molar-refractivity contribution in [2.45, 2.75) is 25.9 Å². The molecule has 0 aromatic heterocycles. The summed E-state index contributed by atoms with van der Waals surface area (Å²) in [5.41, 5.74) is 0. The minimum Gasteiger partial charge on any atom is -0.393 e. The number of hydrogen-bond acceptors (Lipinski definition) is 1. The molecule has 0 radical (unpaired) electrons. The van der Waals surface area contributed by atoms with Crippen molar-refractivity contribution in [2.24, 2.45) is 5.92 Å². The summed E-state index contributed by atoms with van der Waals surface area (Å²) in [6.07, 6.45) is 6.12. The molecule has 1 aliphatic carbocycles. The third-order valence-electron chi connectivity index (χ3n) is 1.68. The lowest BCUT2D eigenvalue weighted by Crippen LogP contribution is -2.17. The van der Waals surface area contributed by atoms with Crippen molar-refractivity contribution in [3.05, 3.63) is 12.2 Å². The van der Waals surface area contributed by atoms with Crippen LogP contribution in [0, 0.1) is 5.92 Å². The van der Waals surface area contributed by atoms with E-state index in [1.165, 1.54) is 0 Å². The van der Waals surface area contributed by atoms with Gasteiger partial charge in [0.1, 0.15) is 0 Å². The van der Waals surface area contributed by atoms with E-state index in [9.17, 15) is 0 Å². The van der Waals surface area contributed by atoms with Crippen LogP contribution in [0.3, 0.4) is 0 Å². The first-order chi connectivity index (χ1) is 3.80. The molecule has 1 N–H and O–H groups in total. The zero-order valence-electron chi connectivity index (χ0n) is 5.17. The van der Waals surface area contributed by atoms with Crippen LogP contribution in [0.1, 0.15) is 19.8 Å². The highest BCUT2D eigenvalue weighted by atomic mass is 16.3. The molecule has 0 spiro atoms. The minimum absolute atomic E-state index is 0.0833. The highest BCUT2D eigenvalue weighted by Crippen LogP contribution is 2.16. The second kappa shape index (κ2) is 2.31. The van der Waals surface area contributed by atoms with Crippen LogP contribution in [-0.2, 0) is 0 Å². The molecule has 0 aromatic rings. The Balaban J connectivity index is 2.47. The van der Waals surface area contributed by atoms with Gasteiger partial charge in [-0.15, -0.1) is 0 Å². The van der Waals surface area contributed by atoms with Gasteiger partial charge >= 0.3 is 0 Å². The topological polar surface area (TPSA) is 20.2 Å². The van der Waals surface area contributed by atoms with E-state index >= 15 is 0 Å². The van der Waals surface area contributed by atoms with Gasteiger partial charge in [0.25, 0.3) is 0 Å². The van der Waals surface area contributed by atoms with E-state index in [1.54, 1.807) is 0 Å². The third kappa shape index (κ3) is 1.10. The maximum absolute atomic E-state index is 9.13. The average Bonchev–Trinajstić information content (AvgIpc) is 1.77. The molecule has 1 nitrogen and oxygen atoms in total. The van der Waals surface area contributed by atoms with Gasteiger partial charge in [-0.3, -0.25) is 0 Å². The van der Waals surface area contributed by atoms with Gasteiger partial charge in [-0.25, -0.2) is 0 Å². The number of aliphatic hydroxyl groups is 1. The molecule has 2 atom stereocenters. The second-order valence-corrected chi connectivity index (χ2v) is 2.43. The summed E-state index contributed by atoms with van der Waals surface area (Å²) in [4.78, 5) is 0. The maximum Gasteiger partial charge on any atom is 0.0603 e. The molecule has 0 unspecified atom stereocenters. The van der Waals surface area contributed by atoms with Gasteiger partial charge in [0.05, 0.1) is 6.10 Å². The lowest BCUT2D eigenvalue weighted by atomic mass is 9.95. The summed E-state index contributed by atoms with van der Waals surface area (Å²) >= 11 is 0. The number of rotatable bonds is 0. The fourth-order valence-electron chi connectivity index (χ4n) is 0.969. The van der Waals surface area contributed by atoms with Crippen molar-refractivity contribution in [1.29, 1.82) is 0 Å². The molecular weight excluding hydrogens is 100 g/mol. The largest absolute Gasteiger partial charge is 0.393 e. The molecule has 1 heteroatoms. The van der Waals surface area contributed by atoms with Gasteiger partial charge in [0, 0.05) is 0 Å². The molecule has 0 fully saturated rings. The van der Waals surface area contributed by atoms with Crippen LogP contribution in [0.15, 0.2) is 12.2 Å². The molecular formula is C7H12O. The second-order valence-electron chi connectivity index (χ2n) is 2.43. The summed E-state index contributed by atoms with van der Waals surface area (Å²) < 4.78 is 0. The van der Waals surface area contributed by atoms with Crippen LogP contribution >= 0.6 is 0 Å². The van der Waals surface area contributed by atoms with Crippen LogP contribution in [0.2, 0.25) is 0 Å². The highest BCUT2D eigenvalue weighted by molar-refractivity contribution is 4.94. The fourth-order valence-corrected chi connectivity index (χ4v) is 0.969. The van der Waals surface area contributed by atoms with Crippen LogP contribution in [0.25, 0.3) is 0 Å². The SMILES string of the molecule is C[C@H]1C=CCC[C@H]1O. The summed E-state index contributed by atoms with van der Waals surface area (Å²) in [7, 11) is 0. The van der Waals surface area contributed by atoms with Gasteiger partial charge in [-0.2, -0.15) is 0 Å². The molecule has 0 bridgehead atoms. The maximum atomic E-state index is 9.13. The minimum atomic E-state index is -0.0833. The van der Waals surface area contributed by atoms with Crippen LogP contribution in [-0.4, -0.2) is 11.2 Å². The van der Waals surface area contributed by atoms with Crippen LogP contribution in [0.4, 0.5) is 0 Å². The Morgan fingerprint density at radius 2 is 2.38 bits per heavy atom.